The van der Waals surface area contributed by atoms with Crippen molar-refractivity contribution in [3.8, 4) is 11.5 Å². The second-order valence-electron chi connectivity index (χ2n) is 8.32. The Morgan fingerprint density at radius 1 is 1.24 bits per heavy atom. The van der Waals surface area contributed by atoms with E-state index in [0.29, 0.717) is 37.6 Å². The van der Waals surface area contributed by atoms with Crippen molar-refractivity contribution in [3.63, 3.8) is 0 Å². The van der Waals surface area contributed by atoms with E-state index >= 15 is 0 Å². The number of nitrogens with one attached hydrogen (secondary N) is 1. The summed E-state index contributed by atoms with van der Waals surface area (Å²) in [7, 11) is 0. The summed E-state index contributed by atoms with van der Waals surface area (Å²) < 4.78 is 10.8. The van der Waals surface area contributed by atoms with E-state index in [2.05, 4.69) is 10.3 Å². The normalized spacial score (nSPS) is 14.3. The van der Waals surface area contributed by atoms with Crippen LogP contribution in [0.1, 0.15) is 32.8 Å². The van der Waals surface area contributed by atoms with Crippen LogP contribution >= 0.6 is 11.3 Å². The number of carbonyl (C=O) groups excluding carboxylic acids is 2. The number of aromatic nitrogens is 1. The zero-order chi connectivity index (χ0) is 23.5. The van der Waals surface area contributed by atoms with Gasteiger partial charge in [0.05, 0.1) is 6.42 Å². The van der Waals surface area contributed by atoms with Crippen LogP contribution in [0.25, 0.3) is 6.08 Å². The monoisotopic (exact) mass is 475 g/mol. The Hall–Kier alpha value is -3.65. The number of pyridine rings is 1. The number of fused-ring (bicyclic) bond motifs is 2. The van der Waals surface area contributed by atoms with E-state index in [4.69, 9.17) is 9.47 Å². The number of thiophene rings is 1. The second kappa shape index (κ2) is 9.69. The largest absolute Gasteiger partial charge is 0.454 e. The van der Waals surface area contributed by atoms with E-state index in [9.17, 15) is 9.59 Å². The predicted molar refractivity (Wildman–Crippen MR) is 130 cm³/mol. The van der Waals surface area contributed by atoms with Gasteiger partial charge in [-0.3, -0.25) is 14.6 Å². The molecule has 0 radical (unpaired) electrons. The van der Waals surface area contributed by atoms with Crippen LogP contribution in [0.15, 0.2) is 48.0 Å². The van der Waals surface area contributed by atoms with Gasteiger partial charge in [-0.1, -0.05) is 12.1 Å². The number of amides is 2. The Labute approximate surface area is 202 Å². The van der Waals surface area contributed by atoms with Crippen LogP contribution in [0.4, 0.5) is 0 Å². The highest BCUT2D eigenvalue weighted by atomic mass is 32.1. The fourth-order valence-electron chi connectivity index (χ4n) is 4.29. The third-order valence-corrected chi connectivity index (χ3v) is 6.96. The van der Waals surface area contributed by atoms with E-state index in [1.165, 1.54) is 5.56 Å². The zero-order valence-electron chi connectivity index (χ0n) is 18.9. The first-order valence-corrected chi connectivity index (χ1v) is 12.1. The molecule has 0 spiro atoms. The molecule has 4 heterocycles. The summed E-state index contributed by atoms with van der Waals surface area (Å²) in [5.41, 5.74) is 5.07. The number of ether oxygens (including phenoxy) is 2. The van der Waals surface area contributed by atoms with Crippen molar-refractivity contribution in [2.24, 2.45) is 0 Å². The van der Waals surface area contributed by atoms with Crippen LogP contribution in [-0.4, -0.2) is 35.0 Å². The van der Waals surface area contributed by atoms with Crippen molar-refractivity contribution in [1.29, 1.82) is 0 Å². The summed E-state index contributed by atoms with van der Waals surface area (Å²) in [6.45, 7) is 3.75. The van der Waals surface area contributed by atoms with Crippen LogP contribution in [0.2, 0.25) is 0 Å². The highest BCUT2D eigenvalue weighted by Gasteiger charge is 2.24. The van der Waals surface area contributed by atoms with Gasteiger partial charge in [0.25, 0.3) is 0 Å². The second-order valence-corrected chi connectivity index (χ2v) is 9.30. The fraction of sp³-hybridized carbons (Fsp3) is 0.269. The topological polar surface area (TPSA) is 80.8 Å². The van der Waals surface area contributed by atoms with Crippen LogP contribution in [0, 0.1) is 6.92 Å². The first kappa shape index (κ1) is 22.2. The van der Waals surface area contributed by atoms with Gasteiger partial charge in [0.2, 0.25) is 18.6 Å². The number of hydrogen-bond donors (Lipinski definition) is 1. The fourth-order valence-corrected chi connectivity index (χ4v) is 4.90. The van der Waals surface area contributed by atoms with Crippen LogP contribution in [-0.2, 0) is 35.5 Å². The van der Waals surface area contributed by atoms with Crippen molar-refractivity contribution in [3.05, 3.63) is 80.8 Å². The minimum atomic E-state index is -0.137. The molecule has 3 aromatic rings. The standard InChI is InChI=1S/C26H25N3O4S/c1-17-22(14-28-25(30)7-5-20-3-2-10-34-20)21-8-9-29(15-19(21)13-27-17)26(31)12-18-4-6-23-24(11-18)33-16-32-23/h2-7,10-11,13H,8-9,12,14-16H2,1H3,(H,28,30)/b7-5+. The SMILES string of the molecule is Cc1ncc2c(c1CNC(=O)/C=C/c1cccs1)CCN(C(=O)Cc1ccc3c(c1)OCO3)C2. The highest BCUT2D eigenvalue weighted by Crippen LogP contribution is 2.33. The van der Waals surface area contributed by atoms with Gasteiger partial charge in [-0.2, -0.15) is 0 Å². The van der Waals surface area contributed by atoms with E-state index in [1.54, 1.807) is 17.4 Å². The van der Waals surface area contributed by atoms with Crippen molar-refractivity contribution in [2.75, 3.05) is 13.3 Å². The minimum Gasteiger partial charge on any atom is -0.454 e. The Morgan fingerprint density at radius 3 is 2.97 bits per heavy atom. The predicted octanol–water partition coefficient (Wildman–Crippen LogP) is 3.64. The smallest absolute Gasteiger partial charge is 0.244 e. The minimum absolute atomic E-state index is 0.0682. The molecule has 0 saturated carbocycles. The molecule has 5 rings (SSSR count). The summed E-state index contributed by atoms with van der Waals surface area (Å²) in [5.74, 6) is 1.33. The lowest BCUT2D eigenvalue weighted by Gasteiger charge is -2.30. The van der Waals surface area contributed by atoms with Crippen LogP contribution in [0.3, 0.4) is 0 Å². The molecule has 0 bridgehead atoms. The van der Waals surface area contributed by atoms with Gasteiger partial charge in [-0.25, -0.2) is 0 Å². The Morgan fingerprint density at radius 2 is 2.12 bits per heavy atom. The van der Waals surface area contributed by atoms with Gasteiger partial charge in [0, 0.05) is 42.5 Å². The van der Waals surface area contributed by atoms with E-state index in [0.717, 1.165) is 33.7 Å². The number of rotatable bonds is 6. The molecule has 2 amide bonds. The van der Waals surface area contributed by atoms with Crippen LogP contribution < -0.4 is 14.8 Å². The molecule has 8 heteroatoms. The molecular weight excluding hydrogens is 450 g/mol. The molecule has 174 valence electrons. The Kier molecular flexibility index (Phi) is 6.31. The number of benzene rings is 1. The van der Waals surface area contributed by atoms with Crippen molar-refractivity contribution >= 4 is 29.2 Å². The molecule has 2 aliphatic rings. The van der Waals surface area contributed by atoms with E-state index < -0.39 is 0 Å². The third-order valence-electron chi connectivity index (χ3n) is 6.12. The van der Waals surface area contributed by atoms with Crippen molar-refractivity contribution in [2.45, 2.75) is 32.9 Å². The Balaban J connectivity index is 1.23. The molecule has 0 unspecified atom stereocenters. The lowest BCUT2D eigenvalue weighted by molar-refractivity contribution is -0.131. The average Bonchev–Trinajstić information content (AvgIpc) is 3.53. The molecule has 0 aliphatic carbocycles. The van der Waals surface area contributed by atoms with Gasteiger partial charge >= 0.3 is 0 Å². The summed E-state index contributed by atoms with van der Waals surface area (Å²) in [6, 6.07) is 9.55. The number of aryl methyl sites for hydroxylation is 1. The van der Waals surface area contributed by atoms with Gasteiger partial charge in [0.1, 0.15) is 0 Å². The molecule has 2 aromatic heterocycles. The summed E-state index contributed by atoms with van der Waals surface area (Å²) in [4.78, 5) is 32.7. The molecule has 7 nitrogen and oxygen atoms in total. The molecule has 1 N–H and O–H groups in total. The van der Waals surface area contributed by atoms with E-state index in [-0.39, 0.29) is 18.6 Å². The molecule has 0 atom stereocenters. The molecule has 34 heavy (non-hydrogen) atoms. The summed E-state index contributed by atoms with van der Waals surface area (Å²) >= 11 is 1.59. The molecule has 0 saturated heterocycles. The number of nitrogens with zero attached hydrogens (tertiary/aromatic N) is 2. The maximum absolute atomic E-state index is 13.0. The zero-order valence-corrected chi connectivity index (χ0v) is 19.7. The maximum Gasteiger partial charge on any atom is 0.244 e. The van der Waals surface area contributed by atoms with Gasteiger partial charge in [-0.05, 0) is 65.3 Å². The van der Waals surface area contributed by atoms with Crippen molar-refractivity contribution < 1.29 is 19.1 Å². The van der Waals surface area contributed by atoms with E-state index in [1.807, 2.05) is 59.8 Å². The van der Waals surface area contributed by atoms with Gasteiger partial charge in [-0.15, -0.1) is 11.3 Å². The van der Waals surface area contributed by atoms with Gasteiger partial charge in [0.15, 0.2) is 11.5 Å². The number of carbonyl (C=O) groups is 2. The molecule has 0 fully saturated rings. The first-order chi connectivity index (χ1) is 16.6. The summed E-state index contributed by atoms with van der Waals surface area (Å²) in [6.07, 6.45) is 6.27. The molecule has 2 aliphatic heterocycles. The Bertz CT molecular complexity index is 1250. The summed E-state index contributed by atoms with van der Waals surface area (Å²) in [5, 5.41) is 4.95. The average molecular weight is 476 g/mol. The third kappa shape index (κ3) is 4.82. The van der Waals surface area contributed by atoms with Crippen molar-refractivity contribution in [1.82, 2.24) is 15.2 Å². The van der Waals surface area contributed by atoms with Gasteiger partial charge < -0.3 is 19.7 Å². The maximum atomic E-state index is 13.0. The quantitative estimate of drug-likeness (QED) is 0.551. The molecule has 1 aromatic carbocycles. The first-order valence-electron chi connectivity index (χ1n) is 11.2. The lowest BCUT2D eigenvalue weighted by Crippen LogP contribution is -2.38. The highest BCUT2D eigenvalue weighted by molar-refractivity contribution is 7.10. The molecular formula is C26H25N3O4S. The lowest BCUT2D eigenvalue weighted by atomic mass is 9.94. The van der Waals surface area contributed by atoms with Crippen LogP contribution in [0.5, 0.6) is 11.5 Å². The number of hydrogen-bond acceptors (Lipinski definition) is 6.